The van der Waals surface area contributed by atoms with Crippen LogP contribution in [0.2, 0.25) is 0 Å². The van der Waals surface area contributed by atoms with E-state index in [2.05, 4.69) is 10.1 Å². The molecule has 0 aliphatic carbocycles. The van der Waals surface area contributed by atoms with Gasteiger partial charge >= 0.3 is 5.69 Å². The minimum absolute atomic E-state index is 0.116. The summed E-state index contributed by atoms with van der Waals surface area (Å²) in [6, 6.07) is 11.5. The molecular weight excluding hydrogens is 440 g/mol. The first-order valence-electron chi connectivity index (χ1n) is 10.5. The lowest BCUT2D eigenvalue weighted by atomic mass is 9.98. The Balaban J connectivity index is 1.85. The highest BCUT2D eigenvalue weighted by molar-refractivity contribution is 6.04. The van der Waals surface area contributed by atoms with Crippen molar-refractivity contribution in [3.8, 4) is 23.1 Å². The van der Waals surface area contributed by atoms with Gasteiger partial charge in [0, 0.05) is 25.0 Å². The lowest BCUT2D eigenvalue weighted by molar-refractivity contribution is -0.130. The van der Waals surface area contributed by atoms with Crippen LogP contribution in [-0.4, -0.2) is 45.5 Å². The summed E-state index contributed by atoms with van der Waals surface area (Å²) in [6.07, 6.45) is 0.116. The van der Waals surface area contributed by atoms with Gasteiger partial charge in [0.05, 0.1) is 31.7 Å². The third-order valence-corrected chi connectivity index (χ3v) is 5.76. The largest absolute Gasteiger partial charge is 0.497 e. The van der Waals surface area contributed by atoms with Crippen molar-refractivity contribution in [3.05, 3.63) is 80.0 Å². The van der Waals surface area contributed by atoms with Crippen molar-refractivity contribution in [1.82, 2.24) is 14.6 Å². The number of H-pyrrole nitrogens is 1. The number of aromatic nitrogens is 2. The molecule has 3 aromatic rings. The molecule has 0 unspecified atom stereocenters. The Bertz CT molecular complexity index is 1420. The minimum Gasteiger partial charge on any atom is -0.497 e. The van der Waals surface area contributed by atoms with Gasteiger partial charge < -0.3 is 14.6 Å². The molecule has 10 heteroatoms. The van der Waals surface area contributed by atoms with E-state index in [1.807, 2.05) is 0 Å². The number of hydrogen-bond donors (Lipinski definition) is 2. The SMILES string of the molecule is COc1ccc([C@@H]2CC(c3c(O)n(-c4ccccc4C)c(=O)[nH]c3=O)=NN2C(C)=O)c(OC)c1. The highest BCUT2D eigenvalue weighted by Crippen LogP contribution is 2.39. The van der Waals surface area contributed by atoms with Gasteiger partial charge in [0.25, 0.3) is 5.56 Å². The third kappa shape index (κ3) is 3.83. The number of methoxy groups -OCH3 is 2. The zero-order chi connectivity index (χ0) is 24.6. The number of hydrazone groups is 1. The molecule has 0 radical (unpaired) electrons. The summed E-state index contributed by atoms with van der Waals surface area (Å²) >= 11 is 0. The number of carbonyl (C=O) groups is 1. The minimum atomic E-state index is -0.795. The molecule has 2 aromatic carbocycles. The van der Waals surface area contributed by atoms with Gasteiger partial charge in [-0.2, -0.15) is 5.10 Å². The molecular formula is C24H24N4O6. The lowest BCUT2D eigenvalue weighted by Crippen LogP contribution is -2.33. The molecule has 0 bridgehead atoms. The summed E-state index contributed by atoms with van der Waals surface area (Å²) in [5.41, 5.74) is 0.201. The van der Waals surface area contributed by atoms with Crippen LogP contribution in [0.4, 0.5) is 0 Å². The van der Waals surface area contributed by atoms with Crippen LogP contribution < -0.4 is 20.7 Å². The van der Waals surface area contributed by atoms with E-state index in [-0.39, 0.29) is 23.6 Å². The number of hydrogen-bond acceptors (Lipinski definition) is 7. The van der Waals surface area contributed by atoms with Crippen LogP contribution in [0.3, 0.4) is 0 Å². The first-order chi connectivity index (χ1) is 16.3. The number of carbonyl (C=O) groups excluding carboxylic acids is 1. The van der Waals surface area contributed by atoms with E-state index >= 15 is 0 Å². The predicted molar refractivity (Wildman–Crippen MR) is 125 cm³/mol. The van der Waals surface area contributed by atoms with E-state index in [0.29, 0.717) is 22.7 Å². The molecule has 2 heterocycles. The fraction of sp³-hybridized carbons (Fsp3) is 0.250. The average Bonchev–Trinajstić information content (AvgIpc) is 3.24. The molecule has 2 N–H and O–H groups in total. The van der Waals surface area contributed by atoms with Crippen molar-refractivity contribution < 1.29 is 19.4 Å². The van der Waals surface area contributed by atoms with E-state index in [0.717, 1.165) is 10.1 Å². The number of aromatic hydroxyl groups is 1. The van der Waals surface area contributed by atoms with Crippen molar-refractivity contribution >= 4 is 11.6 Å². The highest BCUT2D eigenvalue weighted by atomic mass is 16.5. The van der Waals surface area contributed by atoms with Gasteiger partial charge in [0.2, 0.25) is 11.8 Å². The predicted octanol–water partition coefficient (Wildman–Crippen LogP) is 2.25. The molecule has 0 saturated carbocycles. The maximum absolute atomic E-state index is 12.8. The Morgan fingerprint density at radius 3 is 2.53 bits per heavy atom. The van der Waals surface area contributed by atoms with Crippen molar-refractivity contribution in [2.45, 2.75) is 26.3 Å². The number of para-hydroxylation sites is 1. The summed E-state index contributed by atoms with van der Waals surface area (Å²) in [4.78, 5) is 40.1. The highest BCUT2D eigenvalue weighted by Gasteiger charge is 2.36. The van der Waals surface area contributed by atoms with E-state index in [1.165, 1.54) is 26.2 Å². The topological polar surface area (TPSA) is 126 Å². The summed E-state index contributed by atoms with van der Waals surface area (Å²) in [6.45, 7) is 3.14. The van der Waals surface area contributed by atoms with Gasteiger partial charge in [-0.15, -0.1) is 0 Å². The fourth-order valence-electron chi connectivity index (χ4n) is 4.11. The number of aryl methyl sites for hydroxylation is 1. The maximum atomic E-state index is 12.8. The maximum Gasteiger partial charge on any atom is 0.335 e. The van der Waals surface area contributed by atoms with E-state index in [9.17, 15) is 19.5 Å². The quantitative estimate of drug-likeness (QED) is 0.597. The number of aromatic amines is 1. The van der Waals surface area contributed by atoms with E-state index in [4.69, 9.17) is 9.47 Å². The van der Waals surface area contributed by atoms with Crippen molar-refractivity contribution in [1.29, 1.82) is 0 Å². The molecule has 1 aromatic heterocycles. The second kappa shape index (κ2) is 8.89. The first kappa shape index (κ1) is 22.8. The third-order valence-electron chi connectivity index (χ3n) is 5.76. The standard InChI is InChI=1S/C24H24N4O6/c1-13-7-5-6-8-18(13)27-23(31)21(22(30)25-24(27)32)17-12-19(28(26-17)14(2)29)16-10-9-15(33-3)11-20(16)34-4/h5-11,19,31H,12H2,1-4H3,(H,25,30,32)/t19-/m0/s1. The summed E-state index contributed by atoms with van der Waals surface area (Å²) in [5.74, 6) is 0.150. The number of nitrogens with zero attached hydrogens (tertiary/aromatic N) is 3. The van der Waals surface area contributed by atoms with Crippen LogP contribution in [0.25, 0.3) is 5.69 Å². The van der Waals surface area contributed by atoms with Gasteiger partial charge in [0.15, 0.2) is 0 Å². The molecule has 0 spiro atoms. The number of nitrogens with one attached hydrogen (secondary N) is 1. The zero-order valence-electron chi connectivity index (χ0n) is 19.2. The van der Waals surface area contributed by atoms with Crippen LogP contribution in [-0.2, 0) is 4.79 Å². The normalized spacial score (nSPS) is 15.2. The lowest BCUT2D eigenvalue weighted by Gasteiger charge is -2.22. The van der Waals surface area contributed by atoms with Gasteiger partial charge in [-0.3, -0.25) is 14.6 Å². The average molecular weight is 464 g/mol. The number of ether oxygens (including phenoxy) is 2. The molecule has 176 valence electrons. The first-order valence-corrected chi connectivity index (χ1v) is 10.5. The van der Waals surface area contributed by atoms with Crippen LogP contribution in [0.15, 0.2) is 57.2 Å². The molecule has 0 saturated heterocycles. The monoisotopic (exact) mass is 464 g/mol. The molecule has 1 amide bonds. The summed E-state index contributed by atoms with van der Waals surface area (Å²) < 4.78 is 11.8. The Labute approximate surface area is 194 Å². The molecule has 1 aliphatic rings. The van der Waals surface area contributed by atoms with Crippen molar-refractivity contribution in [2.75, 3.05) is 14.2 Å². The summed E-state index contributed by atoms with van der Waals surface area (Å²) in [7, 11) is 3.03. The van der Waals surface area contributed by atoms with Crippen molar-refractivity contribution in [2.24, 2.45) is 5.10 Å². The number of rotatable bonds is 5. The number of amides is 1. The molecule has 1 atom stereocenters. The summed E-state index contributed by atoms with van der Waals surface area (Å²) in [5, 5.41) is 16.7. The van der Waals surface area contributed by atoms with E-state index in [1.54, 1.807) is 49.4 Å². The van der Waals surface area contributed by atoms with Crippen LogP contribution in [0.5, 0.6) is 17.4 Å². The Hall–Kier alpha value is -4.34. The van der Waals surface area contributed by atoms with Crippen molar-refractivity contribution in [3.63, 3.8) is 0 Å². The van der Waals surface area contributed by atoms with Crippen LogP contribution >= 0.6 is 0 Å². The van der Waals surface area contributed by atoms with Gasteiger partial charge in [0.1, 0.15) is 17.1 Å². The Morgan fingerprint density at radius 1 is 1.15 bits per heavy atom. The van der Waals surface area contributed by atoms with Crippen LogP contribution in [0.1, 0.15) is 36.1 Å². The second-order valence-corrected chi connectivity index (χ2v) is 7.82. The van der Waals surface area contributed by atoms with E-state index < -0.39 is 23.2 Å². The smallest absolute Gasteiger partial charge is 0.335 e. The molecule has 0 fully saturated rings. The molecule has 1 aliphatic heterocycles. The van der Waals surface area contributed by atoms with Crippen LogP contribution in [0, 0.1) is 6.92 Å². The Kier molecular flexibility index (Phi) is 5.97. The van der Waals surface area contributed by atoms with Gasteiger partial charge in [-0.25, -0.2) is 14.4 Å². The zero-order valence-corrected chi connectivity index (χ0v) is 19.2. The second-order valence-electron chi connectivity index (χ2n) is 7.82. The fourth-order valence-corrected chi connectivity index (χ4v) is 4.11. The van der Waals surface area contributed by atoms with Gasteiger partial charge in [-0.05, 0) is 30.7 Å². The molecule has 34 heavy (non-hydrogen) atoms. The van der Waals surface area contributed by atoms with Gasteiger partial charge in [-0.1, -0.05) is 18.2 Å². The Morgan fingerprint density at radius 2 is 1.88 bits per heavy atom. The molecule has 4 rings (SSSR count). The number of benzene rings is 2. The molecule has 10 nitrogen and oxygen atoms in total.